The van der Waals surface area contributed by atoms with Crippen molar-refractivity contribution < 1.29 is 9.53 Å². The van der Waals surface area contributed by atoms with Crippen LogP contribution < -0.4 is 0 Å². The number of hydrogen-bond acceptors (Lipinski definition) is 3. The van der Waals surface area contributed by atoms with Crippen LogP contribution in [0.25, 0.3) is 0 Å². The van der Waals surface area contributed by atoms with E-state index in [1.807, 2.05) is 0 Å². The van der Waals surface area contributed by atoms with Crippen molar-refractivity contribution >= 4 is 5.91 Å². The molecule has 4 heteroatoms. The van der Waals surface area contributed by atoms with Crippen LogP contribution in [0.5, 0.6) is 0 Å². The molecule has 0 saturated carbocycles. The van der Waals surface area contributed by atoms with E-state index in [0.29, 0.717) is 18.9 Å². The van der Waals surface area contributed by atoms with Crippen LogP contribution in [-0.4, -0.2) is 46.7 Å². The molecule has 1 spiro atoms. The number of carbonyl (C=O) groups is 1. The Balaban J connectivity index is 1.52. The topological polar surface area (TPSA) is 32.8 Å². The molecule has 4 nitrogen and oxygen atoms in total. The van der Waals surface area contributed by atoms with E-state index in [-0.39, 0.29) is 29.1 Å². The minimum absolute atomic E-state index is 0.179. The quantitative estimate of drug-likeness (QED) is 0.830. The molecule has 0 bridgehead atoms. The molecule has 3 saturated heterocycles. The molecule has 1 aromatic carbocycles. The second-order valence-electron chi connectivity index (χ2n) is 9.62. The largest absolute Gasteiger partial charge is 0.352 e. The summed E-state index contributed by atoms with van der Waals surface area (Å²) in [5.41, 5.74) is 2.50. The molecule has 3 aliphatic heterocycles. The molecule has 26 heavy (non-hydrogen) atoms. The van der Waals surface area contributed by atoms with Gasteiger partial charge in [0.05, 0.1) is 18.7 Å². The van der Waals surface area contributed by atoms with E-state index in [1.54, 1.807) is 0 Å². The molecule has 0 aliphatic carbocycles. The second kappa shape index (κ2) is 6.07. The van der Waals surface area contributed by atoms with Gasteiger partial charge in [0.1, 0.15) is 0 Å². The minimum atomic E-state index is -0.364. The predicted molar refractivity (Wildman–Crippen MR) is 103 cm³/mol. The number of ether oxygens (including phenoxy) is 1. The van der Waals surface area contributed by atoms with Crippen molar-refractivity contribution in [2.45, 2.75) is 77.2 Å². The number of rotatable bonds is 3. The van der Waals surface area contributed by atoms with Crippen LogP contribution in [0.1, 0.15) is 58.6 Å². The average molecular weight is 357 g/mol. The lowest BCUT2D eigenvalue weighted by Gasteiger charge is -2.34. The molecule has 142 valence electrons. The number of likely N-dealkylation sites (tertiary alicyclic amines) is 1. The average Bonchev–Trinajstić information content (AvgIpc) is 3.18. The van der Waals surface area contributed by atoms with Gasteiger partial charge in [0, 0.05) is 25.9 Å². The fourth-order valence-corrected chi connectivity index (χ4v) is 4.99. The van der Waals surface area contributed by atoms with Crippen LogP contribution in [0.2, 0.25) is 0 Å². The molecule has 3 atom stereocenters. The lowest BCUT2D eigenvalue weighted by atomic mass is 9.87. The first-order valence-corrected chi connectivity index (χ1v) is 10.0. The summed E-state index contributed by atoms with van der Waals surface area (Å²) >= 11 is 0. The van der Waals surface area contributed by atoms with Crippen LogP contribution in [0.15, 0.2) is 24.3 Å². The van der Waals surface area contributed by atoms with E-state index in [1.165, 1.54) is 11.1 Å². The first kappa shape index (κ1) is 18.0. The predicted octanol–water partition coefficient (Wildman–Crippen LogP) is 3.54. The highest BCUT2D eigenvalue weighted by Crippen LogP contribution is 2.49. The maximum Gasteiger partial charge on any atom is 0.226 e. The zero-order valence-corrected chi connectivity index (χ0v) is 16.8. The number of nitrogens with zero attached hydrogens (tertiary/aromatic N) is 2. The number of amides is 1. The van der Waals surface area contributed by atoms with Crippen LogP contribution in [-0.2, 0) is 21.5 Å². The standard InChI is InChI=1S/C22H32N2O2/c1-15(2)18-14-26-22-10-11-23(19(22)12-20(25)24(18)22)13-16-6-8-17(9-7-16)21(3,4)5/h6-9,15,18-19H,10-14H2,1-5H3/t18-,19+,22-/m0/s1. The van der Waals surface area contributed by atoms with E-state index in [9.17, 15) is 4.79 Å². The first-order chi connectivity index (χ1) is 12.2. The molecule has 0 radical (unpaired) electrons. The van der Waals surface area contributed by atoms with Crippen LogP contribution in [0.3, 0.4) is 0 Å². The van der Waals surface area contributed by atoms with E-state index >= 15 is 0 Å². The molecular weight excluding hydrogens is 324 g/mol. The van der Waals surface area contributed by atoms with Crippen LogP contribution in [0.4, 0.5) is 0 Å². The van der Waals surface area contributed by atoms with Crippen molar-refractivity contribution in [3.8, 4) is 0 Å². The second-order valence-corrected chi connectivity index (χ2v) is 9.62. The SMILES string of the molecule is CC(C)[C@@H]1CO[C@@]23CCN(Cc4ccc(C(C)(C)C)cc4)[C@@H]2CC(=O)N13. The lowest BCUT2D eigenvalue weighted by Crippen LogP contribution is -2.50. The monoisotopic (exact) mass is 356 g/mol. The Morgan fingerprint density at radius 3 is 2.54 bits per heavy atom. The molecule has 0 unspecified atom stereocenters. The first-order valence-electron chi connectivity index (χ1n) is 10.0. The van der Waals surface area contributed by atoms with Gasteiger partial charge in [0.2, 0.25) is 5.91 Å². The highest BCUT2D eigenvalue weighted by molar-refractivity contribution is 5.82. The summed E-state index contributed by atoms with van der Waals surface area (Å²) in [7, 11) is 0. The van der Waals surface area contributed by atoms with Crippen molar-refractivity contribution in [3.05, 3.63) is 35.4 Å². The van der Waals surface area contributed by atoms with E-state index in [4.69, 9.17) is 4.74 Å². The fourth-order valence-electron chi connectivity index (χ4n) is 4.99. The maximum atomic E-state index is 12.8. The summed E-state index contributed by atoms with van der Waals surface area (Å²) in [6.07, 6.45) is 1.54. The Hall–Kier alpha value is -1.39. The highest BCUT2D eigenvalue weighted by atomic mass is 16.5. The normalized spacial score (nSPS) is 31.8. The highest BCUT2D eigenvalue weighted by Gasteiger charge is 2.64. The Morgan fingerprint density at radius 1 is 1.23 bits per heavy atom. The van der Waals surface area contributed by atoms with Gasteiger partial charge in [-0.3, -0.25) is 9.69 Å². The van der Waals surface area contributed by atoms with Gasteiger partial charge in [0.15, 0.2) is 5.72 Å². The maximum absolute atomic E-state index is 12.8. The third kappa shape index (κ3) is 2.69. The minimum Gasteiger partial charge on any atom is -0.352 e. The smallest absolute Gasteiger partial charge is 0.226 e. The molecule has 4 rings (SSSR count). The Bertz CT molecular complexity index is 691. The van der Waals surface area contributed by atoms with Crippen molar-refractivity contribution in [2.24, 2.45) is 5.92 Å². The van der Waals surface area contributed by atoms with Gasteiger partial charge < -0.3 is 9.64 Å². The zero-order valence-electron chi connectivity index (χ0n) is 16.8. The zero-order chi connectivity index (χ0) is 18.7. The Labute approximate surface area is 157 Å². The summed E-state index contributed by atoms with van der Waals surface area (Å²) in [5, 5.41) is 0. The molecule has 0 N–H and O–H groups in total. The van der Waals surface area contributed by atoms with Crippen molar-refractivity contribution in [1.29, 1.82) is 0 Å². The van der Waals surface area contributed by atoms with Crippen LogP contribution in [0, 0.1) is 5.92 Å². The lowest BCUT2D eigenvalue weighted by molar-refractivity contribution is -0.139. The number of hydrogen-bond donors (Lipinski definition) is 0. The molecule has 1 aromatic rings. The van der Waals surface area contributed by atoms with Gasteiger partial charge in [-0.05, 0) is 22.5 Å². The van der Waals surface area contributed by atoms with E-state index < -0.39 is 0 Å². The summed E-state index contributed by atoms with van der Waals surface area (Å²) in [5.74, 6) is 0.718. The van der Waals surface area contributed by atoms with Gasteiger partial charge in [-0.15, -0.1) is 0 Å². The molecule has 3 heterocycles. The van der Waals surface area contributed by atoms with Crippen LogP contribution >= 0.6 is 0 Å². The molecule has 0 aromatic heterocycles. The van der Waals surface area contributed by atoms with Crippen molar-refractivity contribution in [2.75, 3.05) is 13.2 Å². The third-order valence-electron chi connectivity index (χ3n) is 6.57. The molecule has 3 fully saturated rings. The van der Waals surface area contributed by atoms with E-state index in [0.717, 1.165) is 19.5 Å². The van der Waals surface area contributed by atoms with Gasteiger partial charge in [0.25, 0.3) is 0 Å². The van der Waals surface area contributed by atoms with Gasteiger partial charge in [-0.2, -0.15) is 0 Å². The van der Waals surface area contributed by atoms with Gasteiger partial charge in [-0.25, -0.2) is 0 Å². The fraction of sp³-hybridized carbons (Fsp3) is 0.682. The number of benzene rings is 1. The Morgan fingerprint density at radius 2 is 1.92 bits per heavy atom. The third-order valence-corrected chi connectivity index (χ3v) is 6.57. The summed E-state index contributed by atoms with van der Waals surface area (Å²) in [4.78, 5) is 17.3. The Kier molecular flexibility index (Phi) is 4.20. The van der Waals surface area contributed by atoms with E-state index in [2.05, 4.69) is 68.7 Å². The summed E-state index contributed by atoms with van der Waals surface area (Å²) < 4.78 is 6.33. The van der Waals surface area contributed by atoms with Gasteiger partial charge in [-0.1, -0.05) is 58.9 Å². The summed E-state index contributed by atoms with van der Waals surface area (Å²) in [6.45, 7) is 13.7. The molecule has 3 aliphatic rings. The van der Waals surface area contributed by atoms with Crippen molar-refractivity contribution in [3.63, 3.8) is 0 Å². The van der Waals surface area contributed by atoms with Crippen molar-refractivity contribution in [1.82, 2.24) is 9.80 Å². The summed E-state index contributed by atoms with van der Waals surface area (Å²) in [6, 6.07) is 9.40. The van der Waals surface area contributed by atoms with Gasteiger partial charge >= 0.3 is 0 Å². The number of carbonyl (C=O) groups excluding carboxylic acids is 1. The molecular formula is C22H32N2O2. The molecule has 1 amide bonds.